The van der Waals surface area contributed by atoms with Crippen molar-refractivity contribution in [3.05, 3.63) is 102 Å². The number of carbonyl (C=O) groups is 3. The Morgan fingerprint density at radius 1 is 0.919 bits per heavy atom. The van der Waals surface area contributed by atoms with Crippen LogP contribution >= 0.6 is 11.6 Å². The summed E-state index contributed by atoms with van der Waals surface area (Å²) in [6.45, 7) is -0.155. The first-order valence-electron chi connectivity index (χ1n) is 12.1. The lowest BCUT2D eigenvalue weighted by molar-refractivity contribution is -0.143. The zero-order valence-corrected chi connectivity index (χ0v) is 20.7. The van der Waals surface area contributed by atoms with E-state index in [0.29, 0.717) is 29.2 Å². The molecule has 0 amide bonds. The Bertz CT molecular complexity index is 1300. The van der Waals surface area contributed by atoms with Gasteiger partial charge in [0, 0.05) is 17.4 Å². The summed E-state index contributed by atoms with van der Waals surface area (Å²) in [5.41, 5.74) is 2.56. The fraction of sp³-hybridized carbons (Fsp3) is 0.233. The van der Waals surface area contributed by atoms with Crippen LogP contribution in [0.25, 0.3) is 11.1 Å². The van der Waals surface area contributed by atoms with Crippen LogP contribution < -0.4 is 4.74 Å². The van der Waals surface area contributed by atoms with Crippen LogP contribution in [0, 0.1) is 11.8 Å². The lowest BCUT2D eigenvalue weighted by atomic mass is 9.91. The maximum absolute atomic E-state index is 12.7. The molecule has 7 heteroatoms. The molecule has 188 valence electrons. The average molecular weight is 517 g/mol. The molecule has 0 bridgehead atoms. The Kier molecular flexibility index (Phi) is 7.37. The number of halogens is 1. The van der Waals surface area contributed by atoms with E-state index in [0.717, 1.165) is 11.1 Å². The zero-order valence-electron chi connectivity index (χ0n) is 19.9. The van der Waals surface area contributed by atoms with Gasteiger partial charge in [-0.05, 0) is 60.0 Å². The second-order valence-electron chi connectivity index (χ2n) is 9.18. The Morgan fingerprint density at radius 3 is 2.35 bits per heavy atom. The van der Waals surface area contributed by atoms with Gasteiger partial charge in [0.2, 0.25) is 0 Å². The first-order chi connectivity index (χ1) is 18.0. The molecule has 1 aliphatic carbocycles. The molecule has 6 nitrogen and oxygen atoms in total. The van der Waals surface area contributed by atoms with Gasteiger partial charge < -0.3 is 14.2 Å². The molecule has 37 heavy (non-hydrogen) atoms. The van der Waals surface area contributed by atoms with Crippen molar-refractivity contribution in [3.8, 4) is 16.9 Å². The van der Waals surface area contributed by atoms with Gasteiger partial charge in [0.25, 0.3) is 0 Å². The number of hydrogen-bond acceptors (Lipinski definition) is 6. The van der Waals surface area contributed by atoms with E-state index in [1.54, 1.807) is 42.5 Å². The first-order valence-corrected chi connectivity index (χ1v) is 12.5. The Morgan fingerprint density at radius 2 is 1.62 bits per heavy atom. The number of fused-ring (bicyclic) bond motifs is 1. The number of rotatable bonds is 8. The highest BCUT2D eigenvalue weighted by Crippen LogP contribution is 2.42. The molecule has 1 saturated carbocycles. The normalized spacial score (nSPS) is 22.5. The minimum atomic E-state index is -0.557. The zero-order chi connectivity index (χ0) is 25.8. The molecule has 4 unspecified atom stereocenters. The van der Waals surface area contributed by atoms with Crippen molar-refractivity contribution in [2.24, 2.45) is 11.8 Å². The molecule has 1 heterocycles. The summed E-state index contributed by atoms with van der Waals surface area (Å²) in [5.74, 6) is -1.21. The van der Waals surface area contributed by atoms with E-state index >= 15 is 0 Å². The molecule has 3 aromatic rings. The quantitative estimate of drug-likeness (QED) is 0.283. The smallest absolute Gasteiger partial charge is 0.338 e. The van der Waals surface area contributed by atoms with E-state index in [2.05, 4.69) is 0 Å². The van der Waals surface area contributed by atoms with E-state index in [9.17, 15) is 14.4 Å². The number of ether oxygens (including phenoxy) is 3. The fourth-order valence-electron chi connectivity index (χ4n) is 4.81. The predicted molar refractivity (Wildman–Crippen MR) is 138 cm³/mol. The third-order valence-electron chi connectivity index (χ3n) is 6.69. The third-order valence-corrected chi connectivity index (χ3v) is 6.95. The van der Waals surface area contributed by atoms with Gasteiger partial charge in [-0.2, -0.15) is 0 Å². The van der Waals surface area contributed by atoms with E-state index in [1.807, 2.05) is 42.5 Å². The van der Waals surface area contributed by atoms with Gasteiger partial charge in [-0.15, -0.1) is 0 Å². The Balaban J connectivity index is 1.14. The summed E-state index contributed by atoms with van der Waals surface area (Å²) in [7, 11) is 0. The second kappa shape index (κ2) is 11.0. The summed E-state index contributed by atoms with van der Waals surface area (Å²) < 4.78 is 16.7. The SMILES string of the molecule is O=C(/C=C/C1C(=O)OC2CC(OC(=O)c3ccc(-c4ccccc4)cc3)CC21)COc1ccc(Cl)cc1. The summed E-state index contributed by atoms with van der Waals surface area (Å²) in [6.07, 6.45) is 3.19. The molecule has 0 spiro atoms. The maximum Gasteiger partial charge on any atom is 0.338 e. The van der Waals surface area contributed by atoms with Crippen molar-refractivity contribution in [3.63, 3.8) is 0 Å². The molecule has 0 radical (unpaired) electrons. The fourth-order valence-corrected chi connectivity index (χ4v) is 4.94. The van der Waals surface area contributed by atoms with Crippen molar-refractivity contribution in [2.45, 2.75) is 25.0 Å². The van der Waals surface area contributed by atoms with Gasteiger partial charge in [-0.25, -0.2) is 4.79 Å². The van der Waals surface area contributed by atoms with E-state index in [4.69, 9.17) is 25.8 Å². The predicted octanol–water partition coefficient (Wildman–Crippen LogP) is 5.69. The highest BCUT2D eigenvalue weighted by Gasteiger charge is 2.50. The lowest BCUT2D eigenvalue weighted by Gasteiger charge is -2.14. The van der Waals surface area contributed by atoms with E-state index < -0.39 is 11.9 Å². The molecular weight excluding hydrogens is 492 g/mol. The second-order valence-corrected chi connectivity index (χ2v) is 9.61. The van der Waals surface area contributed by atoms with Crippen LogP contribution in [-0.2, 0) is 19.1 Å². The number of carbonyl (C=O) groups excluding carboxylic acids is 3. The summed E-state index contributed by atoms with van der Waals surface area (Å²) in [4.78, 5) is 37.4. The van der Waals surface area contributed by atoms with Gasteiger partial charge >= 0.3 is 11.9 Å². The van der Waals surface area contributed by atoms with E-state index in [1.165, 1.54) is 6.08 Å². The van der Waals surface area contributed by atoms with E-state index in [-0.39, 0.29) is 36.5 Å². The molecule has 2 fully saturated rings. The van der Waals surface area contributed by atoms with Gasteiger partial charge in [0.15, 0.2) is 12.4 Å². The maximum atomic E-state index is 12.7. The Hall–Kier alpha value is -3.90. The van der Waals surface area contributed by atoms with Gasteiger partial charge in [0.05, 0.1) is 11.5 Å². The monoisotopic (exact) mass is 516 g/mol. The molecule has 4 atom stereocenters. The van der Waals surface area contributed by atoms with Crippen LogP contribution in [0.2, 0.25) is 5.02 Å². The van der Waals surface area contributed by atoms with Gasteiger partial charge in [-0.3, -0.25) is 9.59 Å². The third kappa shape index (κ3) is 5.92. The van der Waals surface area contributed by atoms with Crippen molar-refractivity contribution in [1.82, 2.24) is 0 Å². The molecule has 5 rings (SSSR count). The molecule has 0 N–H and O–H groups in total. The molecule has 1 saturated heterocycles. The molecule has 3 aromatic carbocycles. The van der Waals surface area contributed by atoms with Gasteiger partial charge in [-0.1, -0.05) is 60.1 Å². The number of esters is 2. The van der Waals surface area contributed by atoms with Crippen LogP contribution in [-0.4, -0.2) is 36.5 Å². The lowest BCUT2D eigenvalue weighted by Crippen LogP contribution is -2.20. The van der Waals surface area contributed by atoms with Crippen molar-refractivity contribution >= 4 is 29.3 Å². The number of ketones is 1. The van der Waals surface area contributed by atoms with Crippen molar-refractivity contribution in [1.29, 1.82) is 0 Å². The molecule has 2 aliphatic rings. The number of hydrogen-bond donors (Lipinski definition) is 0. The minimum Gasteiger partial charge on any atom is -0.485 e. The standard InChI is InChI=1S/C30H25ClO6/c31-22-10-13-24(14-11-22)35-18-23(32)12-15-26-27-16-25(17-28(27)37-30(26)34)36-29(33)21-8-6-20(7-9-21)19-4-2-1-3-5-19/h1-15,25-28H,16-18H2/b15-12+. The minimum absolute atomic E-state index is 0.146. The van der Waals surface area contributed by atoms with Crippen LogP contribution in [0.1, 0.15) is 23.2 Å². The summed E-state index contributed by atoms with van der Waals surface area (Å²) >= 11 is 5.85. The molecular formula is C30H25ClO6. The summed E-state index contributed by atoms with van der Waals surface area (Å²) in [6, 6.07) is 23.9. The largest absolute Gasteiger partial charge is 0.485 e. The highest BCUT2D eigenvalue weighted by molar-refractivity contribution is 6.30. The van der Waals surface area contributed by atoms with Crippen LogP contribution in [0.5, 0.6) is 5.75 Å². The molecule has 0 aromatic heterocycles. The summed E-state index contributed by atoms with van der Waals surface area (Å²) in [5, 5.41) is 0.578. The van der Waals surface area contributed by atoms with Crippen molar-refractivity contribution < 1.29 is 28.6 Å². The van der Waals surface area contributed by atoms with Crippen LogP contribution in [0.15, 0.2) is 91.0 Å². The average Bonchev–Trinajstić information content (AvgIpc) is 3.43. The van der Waals surface area contributed by atoms with Gasteiger partial charge in [0.1, 0.15) is 18.0 Å². The molecule has 1 aliphatic heterocycles. The van der Waals surface area contributed by atoms with Crippen LogP contribution in [0.3, 0.4) is 0 Å². The topological polar surface area (TPSA) is 78.9 Å². The Labute approximate surface area is 219 Å². The first kappa shape index (κ1) is 24.8. The highest BCUT2D eigenvalue weighted by atomic mass is 35.5. The van der Waals surface area contributed by atoms with Crippen LogP contribution in [0.4, 0.5) is 0 Å². The van der Waals surface area contributed by atoms with Crippen molar-refractivity contribution in [2.75, 3.05) is 6.61 Å². The number of benzene rings is 3.